The van der Waals surface area contributed by atoms with Crippen LogP contribution in [0.15, 0.2) is 54.6 Å². The summed E-state index contributed by atoms with van der Waals surface area (Å²) in [5.74, 6) is 0.772. The Balaban J connectivity index is 1.56. The molecule has 0 aliphatic carbocycles. The van der Waals surface area contributed by atoms with Crippen molar-refractivity contribution in [3.8, 4) is 5.75 Å². The van der Waals surface area contributed by atoms with E-state index in [4.69, 9.17) is 4.74 Å². The molecule has 30 heavy (non-hydrogen) atoms. The van der Waals surface area contributed by atoms with Crippen LogP contribution < -0.4 is 20.3 Å². The summed E-state index contributed by atoms with van der Waals surface area (Å²) < 4.78 is 5.21. The standard InChI is InChI=1S/C23H30N4O3/c1-17(2)21(25-23(29)24-18-7-5-4-6-8-18)22(28)27-15-13-26(14-16-27)19-9-11-20(30-3)12-10-19/h4-12,17,21H,13-16H2,1-3H3,(H2,24,25,29)/t21-/m1/s1. The van der Waals surface area contributed by atoms with Crippen LogP contribution in [0.1, 0.15) is 13.8 Å². The number of urea groups is 1. The van der Waals surface area contributed by atoms with E-state index in [1.54, 1.807) is 7.11 Å². The summed E-state index contributed by atoms with van der Waals surface area (Å²) in [6, 6.07) is 16.2. The van der Waals surface area contributed by atoms with Gasteiger partial charge >= 0.3 is 6.03 Å². The number of nitrogens with one attached hydrogen (secondary N) is 2. The minimum absolute atomic E-state index is 0.0151. The van der Waals surface area contributed by atoms with Crippen molar-refractivity contribution in [1.82, 2.24) is 10.2 Å². The van der Waals surface area contributed by atoms with Crippen LogP contribution in [0.5, 0.6) is 5.75 Å². The van der Waals surface area contributed by atoms with Gasteiger partial charge in [0.15, 0.2) is 0 Å². The van der Waals surface area contributed by atoms with Gasteiger partial charge in [-0.15, -0.1) is 0 Å². The Kier molecular flexibility index (Phi) is 7.17. The number of carbonyl (C=O) groups excluding carboxylic acids is 2. The number of anilines is 2. The van der Waals surface area contributed by atoms with Crippen LogP contribution in [0.25, 0.3) is 0 Å². The number of benzene rings is 2. The Bertz CT molecular complexity index is 831. The molecule has 7 nitrogen and oxygen atoms in total. The van der Waals surface area contributed by atoms with Gasteiger partial charge in [0.05, 0.1) is 7.11 Å². The van der Waals surface area contributed by atoms with Crippen molar-refractivity contribution < 1.29 is 14.3 Å². The summed E-state index contributed by atoms with van der Waals surface area (Å²) in [5.41, 5.74) is 1.81. The third kappa shape index (κ3) is 5.43. The van der Waals surface area contributed by atoms with E-state index in [0.29, 0.717) is 18.8 Å². The van der Waals surface area contributed by atoms with Gasteiger partial charge in [-0.3, -0.25) is 4.79 Å². The molecule has 3 amide bonds. The van der Waals surface area contributed by atoms with Crippen molar-refractivity contribution in [3.63, 3.8) is 0 Å². The first kappa shape index (κ1) is 21.5. The van der Waals surface area contributed by atoms with Crippen molar-refractivity contribution >= 4 is 23.3 Å². The van der Waals surface area contributed by atoms with Crippen molar-refractivity contribution in [2.45, 2.75) is 19.9 Å². The van der Waals surface area contributed by atoms with Crippen molar-refractivity contribution in [3.05, 3.63) is 54.6 Å². The molecule has 0 radical (unpaired) electrons. The molecular formula is C23H30N4O3. The molecule has 1 saturated heterocycles. The predicted molar refractivity (Wildman–Crippen MR) is 119 cm³/mol. The highest BCUT2D eigenvalue weighted by atomic mass is 16.5. The van der Waals surface area contributed by atoms with Crippen LogP contribution in [0.3, 0.4) is 0 Å². The zero-order valence-corrected chi connectivity index (χ0v) is 17.8. The third-order valence-electron chi connectivity index (χ3n) is 5.28. The van der Waals surface area contributed by atoms with E-state index in [1.165, 1.54) is 0 Å². The highest BCUT2D eigenvalue weighted by Gasteiger charge is 2.30. The number of ether oxygens (including phenoxy) is 1. The molecule has 160 valence electrons. The van der Waals surface area contributed by atoms with Crippen LogP contribution in [0.4, 0.5) is 16.2 Å². The first-order valence-corrected chi connectivity index (χ1v) is 10.3. The predicted octanol–water partition coefficient (Wildman–Crippen LogP) is 3.19. The van der Waals surface area contributed by atoms with Gasteiger partial charge in [-0.25, -0.2) is 4.79 Å². The second kappa shape index (κ2) is 10.0. The first-order chi connectivity index (χ1) is 14.5. The Morgan fingerprint density at radius 2 is 1.57 bits per heavy atom. The maximum absolute atomic E-state index is 13.1. The lowest BCUT2D eigenvalue weighted by atomic mass is 10.0. The van der Waals surface area contributed by atoms with E-state index in [9.17, 15) is 9.59 Å². The number of nitrogens with zero attached hydrogens (tertiary/aromatic N) is 2. The molecule has 3 rings (SSSR count). The van der Waals surface area contributed by atoms with E-state index in [1.807, 2.05) is 73.3 Å². The van der Waals surface area contributed by atoms with Gasteiger partial charge in [0.25, 0.3) is 0 Å². The second-order valence-electron chi connectivity index (χ2n) is 7.70. The minimum atomic E-state index is -0.568. The molecule has 0 aromatic heterocycles. The third-order valence-corrected chi connectivity index (χ3v) is 5.28. The van der Waals surface area contributed by atoms with Gasteiger partial charge in [-0.2, -0.15) is 0 Å². The maximum atomic E-state index is 13.1. The van der Waals surface area contributed by atoms with Crippen LogP contribution in [0, 0.1) is 5.92 Å². The highest BCUT2D eigenvalue weighted by Crippen LogP contribution is 2.21. The number of methoxy groups -OCH3 is 1. The highest BCUT2D eigenvalue weighted by molar-refractivity contribution is 5.93. The second-order valence-corrected chi connectivity index (χ2v) is 7.70. The maximum Gasteiger partial charge on any atom is 0.319 e. The van der Waals surface area contributed by atoms with Gasteiger partial charge in [-0.05, 0) is 42.3 Å². The van der Waals surface area contributed by atoms with Crippen LogP contribution in [-0.4, -0.2) is 56.2 Å². The largest absolute Gasteiger partial charge is 0.497 e. The molecule has 2 N–H and O–H groups in total. The first-order valence-electron chi connectivity index (χ1n) is 10.3. The summed E-state index contributed by atoms with van der Waals surface area (Å²) in [7, 11) is 1.65. The van der Waals surface area contributed by atoms with E-state index < -0.39 is 6.04 Å². The molecule has 0 saturated carbocycles. The smallest absolute Gasteiger partial charge is 0.319 e. The number of hydrogen-bond acceptors (Lipinski definition) is 4. The fourth-order valence-corrected chi connectivity index (χ4v) is 3.52. The summed E-state index contributed by atoms with van der Waals surface area (Å²) in [4.78, 5) is 29.6. The topological polar surface area (TPSA) is 73.9 Å². The Labute approximate surface area is 178 Å². The quantitative estimate of drug-likeness (QED) is 0.767. The number of amides is 3. The lowest BCUT2D eigenvalue weighted by molar-refractivity contribution is -0.134. The minimum Gasteiger partial charge on any atom is -0.497 e. The van der Waals surface area contributed by atoms with Gasteiger partial charge < -0.3 is 25.2 Å². The van der Waals surface area contributed by atoms with Crippen molar-refractivity contribution in [2.24, 2.45) is 5.92 Å². The molecule has 2 aromatic carbocycles. The number of rotatable bonds is 6. The van der Waals surface area contributed by atoms with Crippen molar-refractivity contribution in [2.75, 3.05) is 43.5 Å². The Morgan fingerprint density at radius 3 is 2.13 bits per heavy atom. The van der Waals surface area contributed by atoms with Gasteiger partial charge in [-0.1, -0.05) is 32.0 Å². The summed E-state index contributed by atoms with van der Waals surface area (Å²) >= 11 is 0. The zero-order chi connectivity index (χ0) is 21.5. The van der Waals surface area contributed by atoms with Crippen molar-refractivity contribution in [1.29, 1.82) is 0 Å². The van der Waals surface area contributed by atoms with E-state index in [-0.39, 0.29) is 17.9 Å². The molecule has 1 fully saturated rings. The molecule has 0 bridgehead atoms. The molecule has 2 aromatic rings. The summed E-state index contributed by atoms with van der Waals surface area (Å²) in [6.07, 6.45) is 0. The average Bonchev–Trinajstić information content (AvgIpc) is 2.78. The normalized spacial score (nSPS) is 14.9. The molecule has 1 aliphatic heterocycles. The number of hydrogen-bond donors (Lipinski definition) is 2. The Hall–Kier alpha value is -3.22. The SMILES string of the molecule is COc1ccc(N2CCN(C(=O)[C@H](NC(=O)Nc3ccccc3)C(C)C)CC2)cc1. The van der Waals surface area contributed by atoms with Crippen LogP contribution in [0.2, 0.25) is 0 Å². The fraction of sp³-hybridized carbons (Fsp3) is 0.391. The molecule has 0 unspecified atom stereocenters. The van der Waals surface area contributed by atoms with Crippen LogP contribution in [-0.2, 0) is 4.79 Å². The molecule has 0 spiro atoms. The van der Waals surface area contributed by atoms with Gasteiger partial charge in [0.1, 0.15) is 11.8 Å². The lowest BCUT2D eigenvalue weighted by Gasteiger charge is -2.38. The van der Waals surface area contributed by atoms with Crippen LogP contribution >= 0.6 is 0 Å². The number of para-hydroxylation sites is 1. The van der Waals surface area contributed by atoms with Gasteiger partial charge in [0.2, 0.25) is 5.91 Å². The number of piperazine rings is 1. The molecule has 1 heterocycles. The zero-order valence-electron chi connectivity index (χ0n) is 17.8. The summed E-state index contributed by atoms with van der Waals surface area (Å²) in [6.45, 7) is 6.63. The van der Waals surface area contributed by atoms with Gasteiger partial charge in [0, 0.05) is 37.6 Å². The monoisotopic (exact) mass is 410 g/mol. The molecule has 1 atom stereocenters. The average molecular weight is 411 g/mol. The molecular weight excluding hydrogens is 380 g/mol. The summed E-state index contributed by atoms with van der Waals surface area (Å²) in [5, 5.41) is 5.63. The fourth-order valence-electron chi connectivity index (χ4n) is 3.52. The van der Waals surface area contributed by atoms with E-state index in [0.717, 1.165) is 24.5 Å². The molecule has 1 aliphatic rings. The lowest BCUT2D eigenvalue weighted by Crippen LogP contribution is -2.57. The number of carbonyl (C=O) groups is 2. The molecule has 7 heteroatoms. The van der Waals surface area contributed by atoms with E-state index in [2.05, 4.69) is 15.5 Å². The Morgan fingerprint density at radius 1 is 0.933 bits per heavy atom. The van der Waals surface area contributed by atoms with E-state index >= 15 is 0 Å².